The highest BCUT2D eigenvalue weighted by molar-refractivity contribution is 7.94. The van der Waals surface area contributed by atoms with Gasteiger partial charge in [0.25, 0.3) is 0 Å². The van der Waals surface area contributed by atoms with E-state index in [4.69, 9.17) is 4.18 Å². The molecular weight excluding hydrogens is 532 g/mol. The van der Waals surface area contributed by atoms with Gasteiger partial charge in [-0.2, -0.15) is 0 Å². The fourth-order valence-corrected chi connectivity index (χ4v) is 6.89. The topological polar surface area (TPSA) is 101 Å². The maximum absolute atomic E-state index is 12.0. The molecule has 0 saturated heterocycles. The summed E-state index contributed by atoms with van der Waals surface area (Å²) in [6, 6.07) is 10.4. The zero-order valence-corrected chi connectivity index (χ0v) is 24.6. The molecule has 2 aliphatic heterocycles. The Balaban J connectivity index is 1.35. The standard InChI is InChI=1S/C28H36N6O3S2/c1-5-39(35,36)15-7-13-34-18-28(2,3)22-10-9-20(16-24(22)34)32-26-21-11-14-33(17-23(21)30-19-31-26)27-25(38-37-4)8-6-12-29-27/h6,8-10,12,16,19H,5,7,11,13-15,17-18H2,1-4H3,(H,30,31,32). The average molecular weight is 569 g/mol. The predicted octanol–water partition coefficient (Wildman–Crippen LogP) is 4.75. The van der Waals surface area contributed by atoms with E-state index in [0.29, 0.717) is 19.5 Å². The Morgan fingerprint density at radius 3 is 2.82 bits per heavy atom. The number of hydrogen-bond acceptors (Lipinski definition) is 10. The number of nitrogens with one attached hydrogen (secondary N) is 1. The second-order valence-corrected chi connectivity index (χ2v) is 14.1. The van der Waals surface area contributed by atoms with Crippen LogP contribution in [0.25, 0.3) is 0 Å². The van der Waals surface area contributed by atoms with Crippen molar-refractivity contribution in [3.63, 3.8) is 0 Å². The molecule has 2 aliphatic rings. The number of nitrogens with zero attached hydrogens (tertiary/aromatic N) is 5. The van der Waals surface area contributed by atoms with Gasteiger partial charge < -0.3 is 19.3 Å². The maximum atomic E-state index is 12.0. The number of benzene rings is 1. The van der Waals surface area contributed by atoms with E-state index in [1.807, 2.05) is 12.1 Å². The minimum Gasteiger partial charge on any atom is -0.370 e. The average Bonchev–Trinajstić information content (AvgIpc) is 3.18. The molecular formula is C28H36N6O3S2. The number of aromatic nitrogens is 3. The van der Waals surface area contributed by atoms with Crippen LogP contribution in [0.15, 0.2) is 47.8 Å². The van der Waals surface area contributed by atoms with E-state index in [0.717, 1.165) is 58.7 Å². The Morgan fingerprint density at radius 2 is 2.03 bits per heavy atom. The maximum Gasteiger partial charge on any atom is 0.150 e. The second-order valence-electron chi connectivity index (χ2n) is 10.6. The molecule has 208 valence electrons. The molecule has 0 aliphatic carbocycles. The van der Waals surface area contributed by atoms with Gasteiger partial charge in [-0.25, -0.2) is 23.4 Å². The molecule has 5 rings (SSSR count). The van der Waals surface area contributed by atoms with Gasteiger partial charge in [0.15, 0.2) is 0 Å². The third-order valence-corrected chi connectivity index (χ3v) is 9.93. The van der Waals surface area contributed by atoms with Crippen molar-refractivity contribution in [1.82, 2.24) is 15.0 Å². The molecule has 0 radical (unpaired) electrons. The monoisotopic (exact) mass is 568 g/mol. The fraction of sp³-hybridized carbons (Fsp3) is 0.464. The zero-order valence-electron chi connectivity index (χ0n) is 23.0. The molecule has 9 nitrogen and oxygen atoms in total. The van der Waals surface area contributed by atoms with Gasteiger partial charge in [-0.1, -0.05) is 26.8 Å². The van der Waals surface area contributed by atoms with E-state index in [1.165, 1.54) is 17.6 Å². The van der Waals surface area contributed by atoms with Crippen molar-refractivity contribution >= 4 is 44.9 Å². The summed E-state index contributed by atoms with van der Waals surface area (Å²) in [6.45, 7) is 9.23. The first-order valence-corrected chi connectivity index (χ1v) is 15.9. The van der Waals surface area contributed by atoms with Gasteiger partial charge >= 0.3 is 0 Å². The summed E-state index contributed by atoms with van der Waals surface area (Å²) < 4.78 is 29.3. The molecule has 0 bridgehead atoms. The van der Waals surface area contributed by atoms with Crippen molar-refractivity contribution in [3.8, 4) is 0 Å². The van der Waals surface area contributed by atoms with Crippen molar-refractivity contribution in [1.29, 1.82) is 0 Å². The van der Waals surface area contributed by atoms with E-state index in [2.05, 4.69) is 62.1 Å². The van der Waals surface area contributed by atoms with Crippen molar-refractivity contribution in [2.45, 2.75) is 50.5 Å². The van der Waals surface area contributed by atoms with Crippen molar-refractivity contribution < 1.29 is 12.6 Å². The molecule has 0 atom stereocenters. The smallest absolute Gasteiger partial charge is 0.150 e. The SMILES string of the molecule is CCS(=O)(=O)CCCN1CC(C)(C)c2ccc(Nc3ncnc4c3CCN(c3ncccc3SOC)C4)cc21. The van der Waals surface area contributed by atoms with Crippen LogP contribution in [0.3, 0.4) is 0 Å². The van der Waals surface area contributed by atoms with Crippen LogP contribution in [0.5, 0.6) is 0 Å². The molecule has 0 amide bonds. The van der Waals surface area contributed by atoms with Crippen LogP contribution >= 0.6 is 12.0 Å². The molecule has 1 N–H and O–H groups in total. The molecule has 0 fully saturated rings. The number of anilines is 4. The Hall–Kier alpha value is -2.89. The largest absolute Gasteiger partial charge is 0.370 e. The number of sulfone groups is 1. The Labute approximate surface area is 235 Å². The van der Waals surface area contributed by atoms with Crippen molar-refractivity contribution in [2.24, 2.45) is 0 Å². The van der Waals surface area contributed by atoms with Gasteiger partial charge in [-0.05, 0) is 42.7 Å². The number of fused-ring (bicyclic) bond motifs is 2. The minimum atomic E-state index is -2.97. The van der Waals surface area contributed by atoms with Crippen LogP contribution in [-0.2, 0) is 32.4 Å². The third kappa shape index (κ3) is 6.00. The molecule has 3 aromatic rings. The van der Waals surface area contributed by atoms with Crippen LogP contribution in [0.1, 0.15) is 44.0 Å². The van der Waals surface area contributed by atoms with Gasteiger partial charge in [-0.3, -0.25) is 0 Å². The highest BCUT2D eigenvalue weighted by atomic mass is 32.2. The van der Waals surface area contributed by atoms with E-state index in [1.54, 1.807) is 26.6 Å². The highest BCUT2D eigenvalue weighted by Gasteiger charge is 2.35. The number of rotatable bonds is 10. The lowest BCUT2D eigenvalue weighted by molar-refractivity contribution is 0.489. The lowest BCUT2D eigenvalue weighted by Gasteiger charge is -2.30. The summed E-state index contributed by atoms with van der Waals surface area (Å²) in [7, 11) is -1.31. The fourth-order valence-electron chi connectivity index (χ4n) is 5.46. The predicted molar refractivity (Wildman–Crippen MR) is 158 cm³/mol. The first-order valence-electron chi connectivity index (χ1n) is 13.3. The number of hydrogen-bond donors (Lipinski definition) is 1. The summed E-state index contributed by atoms with van der Waals surface area (Å²) in [5.41, 5.74) is 5.51. The first kappa shape index (κ1) is 27.7. The third-order valence-electron chi connectivity index (χ3n) is 7.47. The zero-order chi connectivity index (χ0) is 27.6. The second kappa shape index (κ2) is 11.3. The van der Waals surface area contributed by atoms with Crippen LogP contribution in [0.4, 0.5) is 23.0 Å². The molecule has 4 heterocycles. The minimum absolute atomic E-state index is 0.000460. The molecule has 2 aromatic heterocycles. The summed E-state index contributed by atoms with van der Waals surface area (Å²) in [5, 5.41) is 3.55. The molecule has 11 heteroatoms. The van der Waals surface area contributed by atoms with Crippen molar-refractivity contribution in [2.75, 3.05) is 53.4 Å². The Morgan fingerprint density at radius 1 is 1.18 bits per heavy atom. The lowest BCUT2D eigenvalue weighted by Crippen LogP contribution is -2.32. The summed E-state index contributed by atoms with van der Waals surface area (Å²) in [5.74, 6) is 2.14. The van der Waals surface area contributed by atoms with Crippen LogP contribution in [-0.4, -0.2) is 61.6 Å². The van der Waals surface area contributed by atoms with E-state index >= 15 is 0 Å². The number of pyridine rings is 1. The highest BCUT2D eigenvalue weighted by Crippen LogP contribution is 2.42. The summed E-state index contributed by atoms with van der Waals surface area (Å²) in [6.07, 6.45) is 4.84. The summed E-state index contributed by atoms with van der Waals surface area (Å²) >= 11 is 1.32. The van der Waals surface area contributed by atoms with Crippen LogP contribution in [0, 0.1) is 0 Å². The van der Waals surface area contributed by atoms with Gasteiger partial charge in [0.05, 0.1) is 30.0 Å². The van der Waals surface area contributed by atoms with Gasteiger partial charge in [0, 0.05) is 66.0 Å². The van der Waals surface area contributed by atoms with Crippen LogP contribution < -0.4 is 15.1 Å². The van der Waals surface area contributed by atoms with E-state index in [-0.39, 0.29) is 16.9 Å². The Kier molecular flexibility index (Phi) is 8.02. The Bertz CT molecular complexity index is 1450. The van der Waals surface area contributed by atoms with E-state index < -0.39 is 9.84 Å². The van der Waals surface area contributed by atoms with Gasteiger partial charge in [-0.15, -0.1) is 0 Å². The quantitative estimate of drug-likeness (QED) is 0.345. The molecule has 1 aromatic carbocycles. The summed E-state index contributed by atoms with van der Waals surface area (Å²) in [4.78, 5) is 19.3. The molecule has 39 heavy (non-hydrogen) atoms. The molecule has 0 spiro atoms. The van der Waals surface area contributed by atoms with Crippen molar-refractivity contribution in [3.05, 3.63) is 59.7 Å². The van der Waals surface area contributed by atoms with Gasteiger partial charge in [0.2, 0.25) is 0 Å². The van der Waals surface area contributed by atoms with Crippen LogP contribution in [0.2, 0.25) is 0 Å². The first-order chi connectivity index (χ1) is 18.7. The lowest BCUT2D eigenvalue weighted by atomic mass is 9.87. The van der Waals surface area contributed by atoms with E-state index in [9.17, 15) is 8.42 Å². The normalized spacial score (nSPS) is 16.2. The molecule has 0 saturated carbocycles. The molecule has 0 unspecified atom stereocenters. The van der Waals surface area contributed by atoms with Gasteiger partial charge in [0.1, 0.15) is 27.8 Å².